The van der Waals surface area contributed by atoms with Crippen LogP contribution in [0.1, 0.15) is 44.3 Å². The van der Waals surface area contributed by atoms with Gasteiger partial charge >= 0.3 is 0 Å². The third-order valence-electron chi connectivity index (χ3n) is 5.53. The van der Waals surface area contributed by atoms with Crippen molar-refractivity contribution in [1.82, 2.24) is 10.2 Å². The molecule has 2 fully saturated rings. The number of piperidine rings is 1. The predicted octanol–water partition coefficient (Wildman–Crippen LogP) is 3.65. The quantitative estimate of drug-likeness (QED) is 0.511. The molecule has 1 aromatic carbocycles. The lowest BCUT2D eigenvalue weighted by atomic mass is 10.1. The summed E-state index contributed by atoms with van der Waals surface area (Å²) in [6.45, 7) is 6.98. The molecule has 1 N–H and O–H groups in total. The van der Waals surface area contributed by atoms with E-state index in [1.54, 1.807) is 7.11 Å². The van der Waals surface area contributed by atoms with E-state index in [1.807, 2.05) is 24.3 Å². The van der Waals surface area contributed by atoms with E-state index in [4.69, 9.17) is 30.8 Å². The molecule has 162 valence electrons. The molecule has 0 radical (unpaired) electrons. The Kier molecular flexibility index (Phi) is 9.05. The number of rotatable bonds is 8. The van der Waals surface area contributed by atoms with Crippen molar-refractivity contribution >= 4 is 17.6 Å². The fourth-order valence-electron chi connectivity index (χ4n) is 3.87. The summed E-state index contributed by atoms with van der Waals surface area (Å²) in [5.41, 5.74) is 1.04. The average Bonchev–Trinajstić information content (AvgIpc) is 3.26. The standard InChI is InChI=1S/C22H34ClN3O3/c1-3-24-22(25-15-21(27-2)17-6-4-7-18(23)14-17)26-11-9-19(10-12-26)29-16-20-8-5-13-28-20/h4,6-7,14,19-21H,3,5,8-13,15-16H2,1-2H3,(H,24,25). The third-order valence-corrected chi connectivity index (χ3v) is 5.77. The summed E-state index contributed by atoms with van der Waals surface area (Å²) in [6.07, 6.45) is 4.81. The minimum Gasteiger partial charge on any atom is -0.376 e. The highest BCUT2D eigenvalue weighted by Gasteiger charge is 2.24. The maximum absolute atomic E-state index is 6.13. The van der Waals surface area contributed by atoms with Gasteiger partial charge in [0, 0.05) is 38.4 Å². The predicted molar refractivity (Wildman–Crippen MR) is 117 cm³/mol. The molecule has 7 heteroatoms. The van der Waals surface area contributed by atoms with Crippen molar-refractivity contribution in [3.8, 4) is 0 Å². The van der Waals surface area contributed by atoms with Crippen molar-refractivity contribution in [2.75, 3.05) is 46.5 Å². The Morgan fingerprint density at radius 2 is 2.17 bits per heavy atom. The summed E-state index contributed by atoms with van der Waals surface area (Å²) in [6, 6.07) is 7.78. The van der Waals surface area contributed by atoms with E-state index < -0.39 is 0 Å². The van der Waals surface area contributed by atoms with Crippen molar-refractivity contribution in [1.29, 1.82) is 0 Å². The smallest absolute Gasteiger partial charge is 0.194 e. The van der Waals surface area contributed by atoms with Gasteiger partial charge in [-0.3, -0.25) is 4.99 Å². The number of ether oxygens (including phenoxy) is 3. The Hall–Kier alpha value is -1.34. The van der Waals surface area contributed by atoms with Crippen LogP contribution in [0.4, 0.5) is 0 Å². The second-order valence-corrected chi connectivity index (χ2v) is 8.07. The summed E-state index contributed by atoms with van der Waals surface area (Å²) in [5, 5.41) is 4.13. The van der Waals surface area contributed by atoms with Crippen molar-refractivity contribution in [3.05, 3.63) is 34.9 Å². The van der Waals surface area contributed by atoms with Gasteiger partial charge in [-0.25, -0.2) is 0 Å². The Morgan fingerprint density at radius 3 is 2.83 bits per heavy atom. The minimum absolute atomic E-state index is 0.116. The summed E-state index contributed by atoms with van der Waals surface area (Å²) in [5.74, 6) is 0.939. The maximum Gasteiger partial charge on any atom is 0.194 e. The van der Waals surface area contributed by atoms with Crippen LogP contribution < -0.4 is 5.32 Å². The van der Waals surface area contributed by atoms with Gasteiger partial charge in [0.2, 0.25) is 0 Å². The third kappa shape index (κ3) is 6.85. The largest absolute Gasteiger partial charge is 0.376 e. The lowest BCUT2D eigenvalue weighted by molar-refractivity contribution is -0.0367. The Bertz CT molecular complexity index is 644. The normalized spacial score (nSPS) is 22.1. The molecule has 2 unspecified atom stereocenters. The molecule has 29 heavy (non-hydrogen) atoms. The highest BCUT2D eigenvalue weighted by atomic mass is 35.5. The molecule has 0 aliphatic carbocycles. The summed E-state index contributed by atoms with van der Waals surface area (Å²) < 4.78 is 17.4. The van der Waals surface area contributed by atoms with Crippen LogP contribution >= 0.6 is 11.6 Å². The average molecular weight is 424 g/mol. The first-order valence-corrected chi connectivity index (χ1v) is 11.1. The Balaban J connectivity index is 1.52. The molecule has 0 amide bonds. The molecule has 3 rings (SSSR count). The topological polar surface area (TPSA) is 55.3 Å². The van der Waals surface area contributed by atoms with Gasteiger partial charge < -0.3 is 24.4 Å². The molecule has 0 bridgehead atoms. The number of likely N-dealkylation sites (tertiary alicyclic amines) is 1. The van der Waals surface area contributed by atoms with E-state index >= 15 is 0 Å². The molecule has 2 saturated heterocycles. The van der Waals surface area contributed by atoms with Crippen LogP contribution in [0.25, 0.3) is 0 Å². The minimum atomic E-state index is -0.116. The maximum atomic E-state index is 6.13. The van der Waals surface area contributed by atoms with Gasteiger partial charge in [0.15, 0.2) is 5.96 Å². The zero-order valence-corrected chi connectivity index (χ0v) is 18.4. The van der Waals surface area contributed by atoms with E-state index in [-0.39, 0.29) is 6.10 Å². The number of aliphatic imine (C=N–C) groups is 1. The van der Waals surface area contributed by atoms with E-state index in [9.17, 15) is 0 Å². The first kappa shape index (κ1) is 22.3. The van der Waals surface area contributed by atoms with Crippen molar-refractivity contribution in [2.24, 2.45) is 4.99 Å². The van der Waals surface area contributed by atoms with Gasteiger partial charge in [-0.1, -0.05) is 23.7 Å². The molecule has 2 heterocycles. The second-order valence-electron chi connectivity index (χ2n) is 7.63. The fraction of sp³-hybridized carbons (Fsp3) is 0.682. The zero-order chi connectivity index (χ0) is 20.5. The molecule has 0 saturated carbocycles. The van der Waals surface area contributed by atoms with E-state index in [0.29, 0.717) is 23.8 Å². The van der Waals surface area contributed by atoms with Gasteiger partial charge in [0.25, 0.3) is 0 Å². The second kappa shape index (κ2) is 11.7. The van der Waals surface area contributed by atoms with Gasteiger partial charge in [0.05, 0.1) is 25.4 Å². The Labute approximate surface area is 179 Å². The van der Waals surface area contributed by atoms with Crippen LogP contribution in [0.5, 0.6) is 0 Å². The first-order valence-electron chi connectivity index (χ1n) is 10.7. The number of hydrogen-bond acceptors (Lipinski definition) is 4. The lowest BCUT2D eigenvalue weighted by Crippen LogP contribution is -2.47. The number of nitrogens with zero attached hydrogens (tertiary/aromatic N) is 2. The van der Waals surface area contributed by atoms with Crippen LogP contribution in [-0.4, -0.2) is 69.6 Å². The molecule has 1 aromatic rings. The molecule has 2 aliphatic heterocycles. The lowest BCUT2D eigenvalue weighted by Gasteiger charge is -2.34. The number of guanidine groups is 1. The number of methoxy groups -OCH3 is 1. The SMILES string of the molecule is CCNC(=NCC(OC)c1cccc(Cl)c1)N1CCC(OCC2CCCO2)CC1. The first-order chi connectivity index (χ1) is 14.2. The van der Waals surface area contributed by atoms with Crippen LogP contribution in [0.3, 0.4) is 0 Å². The van der Waals surface area contributed by atoms with Crippen molar-refractivity contribution < 1.29 is 14.2 Å². The molecule has 2 atom stereocenters. The van der Waals surface area contributed by atoms with Crippen LogP contribution in [0, 0.1) is 0 Å². The van der Waals surface area contributed by atoms with Gasteiger partial charge in [-0.2, -0.15) is 0 Å². The summed E-state index contributed by atoms with van der Waals surface area (Å²) >= 11 is 6.13. The van der Waals surface area contributed by atoms with Gasteiger partial charge in [-0.05, 0) is 50.3 Å². The zero-order valence-electron chi connectivity index (χ0n) is 17.6. The molecule has 2 aliphatic rings. The van der Waals surface area contributed by atoms with E-state index in [2.05, 4.69) is 17.1 Å². The van der Waals surface area contributed by atoms with Crippen LogP contribution in [0.15, 0.2) is 29.3 Å². The number of hydrogen-bond donors (Lipinski definition) is 1. The monoisotopic (exact) mass is 423 g/mol. The van der Waals surface area contributed by atoms with Crippen molar-refractivity contribution in [3.63, 3.8) is 0 Å². The molecular formula is C22H34ClN3O3. The number of benzene rings is 1. The van der Waals surface area contributed by atoms with Gasteiger partial charge in [0.1, 0.15) is 6.10 Å². The summed E-state index contributed by atoms with van der Waals surface area (Å²) in [7, 11) is 1.71. The van der Waals surface area contributed by atoms with Crippen LogP contribution in [-0.2, 0) is 14.2 Å². The Morgan fingerprint density at radius 1 is 1.34 bits per heavy atom. The fourth-order valence-corrected chi connectivity index (χ4v) is 4.07. The molecular weight excluding hydrogens is 390 g/mol. The molecule has 0 spiro atoms. The molecule has 6 nitrogen and oxygen atoms in total. The molecule has 0 aromatic heterocycles. The van der Waals surface area contributed by atoms with E-state index in [0.717, 1.165) is 70.1 Å². The van der Waals surface area contributed by atoms with Crippen LogP contribution in [0.2, 0.25) is 5.02 Å². The van der Waals surface area contributed by atoms with Gasteiger partial charge in [-0.15, -0.1) is 0 Å². The summed E-state index contributed by atoms with van der Waals surface area (Å²) in [4.78, 5) is 7.17. The number of halogens is 1. The number of nitrogens with one attached hydrogen (secondary N) is 1. The highest BCUT2D eigenvalue weighted by molar-refractivity contribution is 6.30. The highest BCUT2D eigenvalue weighted by Crippen LogP contribution is 2.21. The van der Waals surface area contributed by atoms with Crippen molar-refractivity contribution in [2.45, 2.75) is 50.9 Å². The van der Waals surface area contributed by atoms with E-state index in [1.165, 1.54) is 0 Å².